The molecule has 0 aliphatic rings. The first-order valence-corrected chi connectivity index (χ1v) is 11.6. The number of amides is 1. The molecule has 1 amide bonds. The molecule has 0 spiro atoms. The normalized spacial score (nSPS) is 10.7. The SMILES string of the molecule is COc1ccc(-n2c(CCCNC(C)=O)nnc2SCC(=O)c2cccc([N+](=O)[O-])c2)cc1Cl. The number of Topliss-reactive ketones (excluding diaryl/α,β-unsaturated/α-hetero) is 1. The predicted molar refractivity (Wildman–Crippen MR) is 128 cm³/mol. The van der Waals surface area contributed by atoms with E-state index in [1.165, 1.54) is 50.1 Å². The number of nitrogens with one attached hydrogen (secondary N) is 1. The number of halogens is 1. The van der Waals surface area contributed by atoms with Crippen molar-refractivity contribution < 1.29 is 19.2 Å². The lowest BCUT2D eigenvalue weighted by atomic mass is 10.1. The van der Waals surface area contributed by atoms with Gasteiger partial charge in [-0.1, -0.05) is 35.5 Å². The minimum Gasteiger partial charge on any atom is -0.495 e. The molecule has 3 aromatic rings. The number of nitro groups is 1. The Balaban J connectivity index is 1.84. The van der Waals surface area contributed by atoms with Crippen LogP contribution in [0.3, 0.4) is 0 Å². The molecule has 10 nitrogen and oxygen atoms in total. The first-order chi connectivity index (χ1) is 16.3. The van der Waals surface area contributed by atoms with E-state index in [2.05, 4.69) is 15.5 Å². The molecular weight excluding hydrogens is 482 g/mol. The molecule has 0 saturated carbocycles. The van der Waals surface area contributed by atoms with Crippen LogP contribution in [-0.4, -0.2) is 50.8 Å². The molecule has 3 rings (SSSR count). The first kappa shape index (κ1) is 25.2. The lowest BCUT2D eigenvalue weighted by Gasteiger charge is -2.12. The number of thioether (sulfide) groups is 1. The van der Waals surface area contributed by atoms with Crippen molar-refractivity contribution in [1.29, 1.82) is 0 Å². The Labute approximate surface area is 204 Å². The van der Waals surface area contributed by atoms with Crippen molar-refractivity contribution in [3.05, 3.63) is 69.0 Å². The van der Waals surface area contributed by atoms with E-state index in [9.17, 15) is 19.7 Å². The number of ketones is 1. The summed E-state index contributed by atoms with van der Waals surface area (Å²) in [5, 5.41) is 23.1. The van der Waals surface area contributed by atoms with Crippen LogP contribution in [0.5, 0.6) is 5.75 Å². The molecule has 1 aromatic heterocycles. The van der Waals surface area contributed by atoms with Crippen LogP contribution < -0.4 is 10.1 Å². The lowest BCUT2D eigenvalue weighted by molar-refractivity contribution is -0.384. The smallest absolute Gasteiger partial charge is 0.270 e. The number of aryl methyl sites for hydroxylation is 1. The van der Waals surface area contributed by atoms with Gasteiger partial charge in [0.25, 0.3) is 5.69 Å². The van der Waals surface area contributed by atoms with Crippen LogP contribution in [0.15, 0.2) is 47.6 Å². The zero-order valence-electron chi connectivity index (χ0n) is 18.5. The summed E-state index contributed by atoms with van der Waals surface area (Å²) in [6.07, 6.45) is 1.16. The van der Waals surface area contributed by atoms with Gasteiger partial charge in [0.2, 0.25) is 5.91 Å². The summed E-state index contributed by atoms with van der Waals surface area (Å²) >= 11 is 7.48. The lowest BCUT2D eigenvalue weighted by Crippen LogP contribution is -2.21. The van der Waals surface area contributed by atoms with Crippen LogP contribution in [0.4, 0.5) is 5.69 Å². The molecule has 0 fully saturated rings. The topological polar surface area (TPSA) is 129 Å². The molecular formula is C22H22ClN5O5S. The summed E-state index contributed by atoms with van der Waals surface area (Å²) in [6.45, 7) is 1.94. The molecule has 1 N–H and O–H groups in total. The molecule has 1 heterocycles. The van der Waals surface area contributed by atoms with Gasteiger partial charge in [0.05, 0.1) is 28.5 Å². The zero-order chi connectivity index (χ0) is 24.7. The first-order valence-electron chi connectivity index (χ1n) is 10.2. The average Bonchev–Trinajstić information content (AvgIpc) is 3.22. The highest BCUT2D eigenvalue weighted by atomic mass is 35.5. The van der Waals surface area contributed by atoms with E-state index in [4.69, 9.17) is 16.3 Å². The van der Waals surface area contributed by atoms with Crippen LogP contribution in [0, 0.1) is 10.1 Å². The van der Waals surface area contributed by atoms with E-state index in [0.717, 1.165) is 0 Å². The molecule has 0 atom stereocenters. The fourth-order valence-corrected chi connectivity index (χ4v) is 4.24. The number of aromatic nitrogens is 3. The van der Waals surface area contributed by atoms with Gasteiger partial charge in [-0.3, -0.25) is 24.3 Å². The second-order valence-corrected chi connectivity index (χ2v) is 8.51. The van der Waals surface area contributed by atoms with Crippen LogP contribution in [0.2, 0.25) is 5.02 Å². The third kappa shape index (κ3) is 6.33. The summed E-state index contributed by atoms with van der Waals surface area (Å²) < 4.78 is 7.02. The van der Waals surface area contributed by atoms with Gasteiger partial charge in [-0.15, -0.1) is 10.2 Å². The maximum absolute atomic E-state index is 12.7. The molecule has 2 aromatic carbocycles. The van der Waals surface area contributed by atoms with Gasteiger partial charge in [-0.05, 0) is 24.6 Å². The molecule has 0 bridgehead atoms. The molecule has 0 saturated heterocycles. The number of nitro benzene ring substituents is 1. The summed E-state index contributed by atoms with van der Waals surface area (Å²) in [4.78, 5) is 34.3. The monoisotopic (exact) mass is 503 g/mol. The van der Waals surface area contributed by atoms with Crippen LogP contribution in [0.1, 0.15) is 29.5 Å². The number of hydrogen-bond acceptors (Lipinski definition) is 8. The van der Waals surface area contributed by atoms with Gasteiger partial charge in [-0.25, -0.2) is 0 Å². The van der Waals surface area contributed by atoms with Crippen molar-refractivity contribution >= 4 is 40.7 Å². The molecule has 0 aliphatic carbocycles. The number of methoxy groups -OCH3 is 1. The molecule has 0 unspecified atom stereocenters. The molecule has 0 aliphatic heterocycles. The van der Waals surface area contributed by atoms with Crippen molar-refractivity contribution in [2.75, 3.05) is 19.4 Å². The standard InChI is InChI=1S/C22H22ClN5O5S/c1-14(29)24-10-4-7-21-25-26-22(27(21)16-8-9-20(33-2)18(23)12-16)34-13-19(30)15-5-3-6-17(11-15)28(31)32/h3,5-6,8-9,11-12H,4,7,10,13H2,1-2H3,(H,24,29). The van der Waals surface area contributed by atoms with Crippen molar-refractivity contribution in [3.8, 4) is 11.4 Å². The molecule has 12 heteroatoms. The highest BCUT2D eigenvalue weighted by Crippen LogP contribution is 2.30. The highest BCUT2D eigenvalue weighted by molar-refractivity contribution is 7.99. The number of nitrogens with zero attached hydrogens (tertiary/aromatic N) is 4. The molecule has 0 radical (unpaired) electrons. The summed E-state index contributed by atoms with van der Waals surface area (Å²) in [6, 6.07) is 10.8. The highest BCUT2D eigenvalue weighted by Gasteiger charge is 2.18. The maximum atomic E-state index is 12.7. The van der Waals surface area contributed by atoms with Crippen molar-refractivity contribution in [3.63, 3.8) is 0 Å². The van der Waals surface area contributed by atoms with Gasteiger partial charge in [0.15, 0.2) is 10.9 Å². The largest absolute Gasteiger partial charge is 0.495 e. The number of rotatable bonds is 11. The quantitative estimate of drug-likeness (QED) is 0.137. The molecule has 178 valence electrons. The third-order valence-electron chi connectivity index (χ3n) is 4.76. The number of ether oxygens (including phenoxy) is 1. The summed E-state index contributed by atoms with van der Waals surface area (Å²) in [5.41, 5.74) is 0.791. The number of non-ortho nitro benzene ring substituents is 1. The van der Waals surface area contributed by atoms with E-state index in [1.807, 2.05) is 0 Å². The number of carbonyl (C=O) groups excluding carboxylic acids is 2. The minimum atomic E-state index is -0.540. The third-order valence-corrected chi connectivity index (χ3v) is 5.98. The van der Waals surface area contributed by atoms with Gasteiger partial charge in [0, 0.05) is 37.6 Å². The second kappa shape index (κ2) is 11.6. The number of hydrogen-bond donors (Lipinski definition) is 1. The summed E-state index contributed by atoms with van der Waals surface area (Å²) in [7, 11) is 1.52. The second-order valence-electron chi connectivity index (χ2n) is 7.16. The zero-order valence-corrected chi connectivity index (χ0v) is 20.1. The van der Waals surface area contributed by atoms with Crippen molar-refractivity contribution in [2.24, 2.45) is 0 Å². The Morgan fingerprint density at radius 2 is 2.03 bits per heavy atom. The number of benzene rings is 2. The Morgan fingerprint density at radius 1 is 1.24 bits per heavy atom. The van der Waals surface area contributed by atoms with Crippen molar-refractivity contribution in [2.45, 2.75) is 24.9 Å². The maximum Gasteiger partial charge on any atom is 0.270 e. The Morgan fingerprint density at radius 3 is 2.71 bits per heavy atom. The Hall–Kier alpha value is -3.44. The van der Waals surface area contributed by atoms with Crippen LogP contribution in [-0.2, 0) is 11.2 Å². The van der Waals surface area contributed by atoms with E-state index in [-0.39, 0.29) is 28.7 Å². The fourth-order valence-electron chi connectivity index (χ4n) is 3.13. The summed E-state index contributed by atoms with van der Waals surface area (Å²) in [5.74, 6) is 0.773. The predicted octanol–water partition coefficient (Wildman–Crippen LogP) is 3.88. The van der Waals surface area contributed by atoms with Gasteiger partial charge < -0.3 is 10.1 Å². The van der Waals surface area contributed by atoms with E-state index < -0.39 is 4.92 Å². The van der Waals surface area contributed by atoms with Crippen molar-refractivity contribution in [1.82, 2.24) is 20.1 Å². The van der Waals surface area contributed by atoms with Crippen LogP contribution in [0.25, 0.3) is 5.69 Å². The van der Waals surface area contributed by atoms with E-state index in [1.54, 1.807) is 22.8 Å². The van der Waals surface area contributed by atoms with Gasteiger partial charge in [0.1, 0.15) is 11.6 Å². The minimum absolute atomic E-state index is 0.00901. The number of carbonyl (C=O) groups is 2. The Bertz CT molecular complexity index is 1220. The molecule has 34 heavy (non-hydrogen) atoms. The Kier molecular flexibility index (Phi) is 8.61. The average molecular weight is 504 g/mol. The van der Waals surface area contributed by atoms with E-state index in [0.29, 0.717) is 46.8 Å². The fraction of sp³-hybridized carbons (Fsp3) is 0.273. The van der Waals surface area contributed by atoms with Gasteiger partial charge >= 0.3 is 0 Å². The van der Waals surface area contributed by atoms with E-state index >= 15 is 0 Å². The van der Waals surface area contributed by atoms with Gasteiger partial charge in [-0.2, -0.15) is 0 Å². The van der Waals surface area contributed by atoms with Crippen LogP contribution >= 0.6 is 23.4 Å².